The van der Waals surface area contributed by atoms with Gasteiger partial charge in [0.1, 0.15) is 0 Å². The van der Waals surface area contributed by atoms with Gasteiger partial charge in [-0.05, 0) is 32.5 Å². The maximum absolute atomic E-state index is 12.3. The van der Waals surface area contributed by atoms with E-state index < -0.39 is 13.4 Å². The van der Waals surface area contributed by atoms with Gasteiger partial charge in [0.25, 0.3) is 0 Å². The van der Waals surface area contributed by atoms with Crippen molar-refractivity contribution in [1.82, 2.24) is 0 Å². The average molecular weight is 251 g/mol. The quantitative estimate of drug-likeness (QED) is 0.376. The zero-order valence-corrected chi connectivity index (χ0v) is 11.1. The fourth-order valence-electron chi connectivity index (χ4n) is 1.18. The van der Waals surface area contributed by atoms with Crippen LogP contribution in [0.4, 0.5) is 0 Å². The third kappa shape index (κ3) is 5.01. The molecule has 4 nitrogen and oxygen atoms in total. The molecule has 0 amide bonds. The van der Waals surface area contributed by atoms with E-state index in [9.17, 15) is 4.57 Å². The van der Waals surface area contributed by atoms with Crippen molar-refractivity contribution in [2.45, 2.75) is 39.4 Å². The molecule has 0 heterocycles. The minimum atomic E-state index is -3.16. The number of thiocarbonyl (C=S) groups is 1. The van der Waals surface area contributed by atoms with Crippen LogP contribution >= 0.6 is 19.8 Å². The Morgan fingerprint density at radius 1 is 1.33 bits per heavy atom. The Bertz CT molecular complexity index is 256. The fraction of sp³-hybridized carbons (Fsp3) is 0.889. The number of nitrogens with zero attached hydrogens (tertiary/aromatic N) is 1. The monoisotopic (exact) mass is 251 g/mol. The zero-order chi connectivity index (χ0) is 11.7. The molecule has 15 heavy (non-hydrogen) atoms. The largest absolute Gasteiger partial charge is 0.355 e. The van der Waals surface area contributed by atoms with E-state index in [1.54, 1.807) is 13.8 Å². The third-order valence-corrected chi connectivity index (χ3v) is 4.18. The van der Waals surface area contributed by atoms with Gasteiger partial charge in [0, 0.05) is 0 Å². The van der Waals surface area contributed by atoms with Gasteiger partial charge in [0.05, 0.1) is 18.4 Å². The van der Waals surface area contributed by atoms with Crippen LogP contribution in [0.3, 0.4) is 0 Å². The summed E-state index contributed by atoms with van der Waals surface area (Å²) in [5, 5.41) is 2.25. The minimum Gasteiger partial charge on any atom is -0.307 e. The molecule has 0 aliphatic carbocycles. The highest BCUT2D eigenvalue weighted by atomic mass is 32.1. The van der Waals surface area contributed by atoms with E-state index in [-0.39, 0.29) is 0 Å². The number of hydrogen-bond donors (Lipinski definition) is 0. The van der Waals surface area contributed by atoms with Crippen molar-refractivity contribution in [2.75, 3.05) is 13.2 Å². The highest BCUT2D eigenvalue weighted by Gasteiger charge is 2.34. The van der Waals surface area contributed by atoms with Crippen molar-refractivity contribution in [3.63, 3.8) is 0 Å². The summed E-state index contributed by atoms with van der Waals surface area (Å²) in [6, 6.07) is 0. The summed E-state index contributed by atoms with van der Waals surface area (Å²) in [6.07, 6.45) is 1.47. The molecule has 0 aromatic rings. The SMILES string of the molecule is CCCC(N=C=S)P(=O)(OCC)OCC. The van der Waals surface area contributed by atoms with Crippen LogP contribution < -0.4 is 0 Å². The topological polar surface area (TPSA) is 47.9 Å². The number of isothiocyanates is 1. The summed E-state index contributed by atoms with van der Waals surface area (Å²) in [4.78, 5) is 3.87. The van der Waals surface area contributed by atoms with Crippen molar-refractivity contribution in [3.05, 3.63) is 0 Å². The number of aliphatic imine (C=N–C) groups is 1. The van der Waals surface area contributed by atoms with Crippen LogP contribution in [-0.4, -0.2) is 24.2 Å². The lowest BCUT2D eigenvalue weighted by atomic mass is 10.3. The molecular weight excluding hydrogens is 233 g/mol. The molecule has 0 bridgehead atoms. The van der Waals surface area contributed by atoms with E-state index in [0.717, 1.165) is 6.42 Å². The molecule has 0 aromatic heterocycles. The molecule has 0 saturated carbocycles. The van der Waals surface area contributed by atoms with Gasteiger partial charge in [-0.3, -0.25) is 4.57 Å². The number of hydrogen-bond acceptors (Lipinski definition) is 5. The van der Waals surface area contributed by atoms with Crippen molar-refractivity contribution in [3.8, 4) is 0 Å². The van der Waals surface area contributed by atoms with Gasteiger partial charge < -0.3 is 9.05 Å². The Hall–Kier alpha value is -0.0500. The molecule has 0 N–H and O–H groups in total. The first-order valence-electron chi connectivity index (χ1n) is 5.10. The second-order valence-corrected chi connectivity index (χ2v) is 5.24. The molecule has 0 aromatic carbocycles. The highest BCUT2D eigenvalue weighted by Crippen LogP contribution is 2.54. The van der Waals surface area contributed by atoms with E-state index in [4.69, 9.17) is 9.05 Å². The molecule has 0 aliphatic heterocycles. The molecule has 0 saturated heterocycles. The van der Waals surface area contributed by atoms with Crippen molar-refractivity contribution >= 4 is 25.0 Å². The van der Waals surface area contributed by atoms with E-state index >= 15 is 0 Å². The molecule has 0 spiro atoms. The number of rotatable bonds is 8. The van der Waals surface area contributed by atoms with Gasteiger partial charge in [-0.1, -0.05) is 13.3 Å². The van der Waals surface area contributed by atoms with E-state index in [1.165, 1.54) is 0 Å². The van der Waals surface area contributed by atoms with Crippen LogP contribution in [-0.2, 0) is 13.6 Å². The summed E-state index contributed by atoms with van der Waals surface area (Å²) in [5.74, 6) is -0.514. The fourth-order valence-corrected chi connectivity index (χ4v) is 3.30. The Labute approximate surface area is 96.6 Å². The molecule has 88 valence electrons. The Morgan fingerprint density at radius 3 is 2.20 bits per heavy atom. The highest BCUT2D eigenvalue weighted by molar-refractivity contribution is 7.78. The summed E-state index contributed by atoms with van der Waals surface area (Å²) in [7, 11) is -3.16. The van der Waals surface area contributed by atoms with Gasteiger partial charge in [0.2, 0.25) is 0 Å². The molecule has 0 radical (unpaired) electrons. The van der Waals surface area contributed by atoms with Crippen molar-refractivity contribution < 1.29 is 13.6 Å². The lowest BCUT2D eigenvalue weighted by Gasteiger charge is -2.22. The molecule has 1 atom stereocenters. The summed E-state index contributed by atoms with van der Waals surface area (Å²) < 4.78 is 22.6. The Kier molecular flexibility index (Phi) is 8.12. The molecule has 0 fully saturated rings. The van der Waals surface area contributed by atoms with Gasteiger partial charge in [-0.2, -0.15) is 0 Å². The predicted octanol–water partition coefficient (Wildman–Crippen LogP) is 3.48. The van der Waals surface area contributed by atoms with E-state index in [0.29, 0.717) is 19.6 Å². The first kappa shape index (κ1) is 14.9. The Morgan fingerprint density at radius 2 is 1.87 bits per heavy atom. The summed E-state index contributed by atoms with van der Waals surface area (Å²) in [5.41, 5.74) is 0. The third-order valence-electron chi connectivity index (χ3n) is 1.73. The van der Waals surface area contributed by atoms with Gasteiger partial charge in [-0.15, -0.1) is 0 Å². The first-order chi connectivity index (χ1) is 7.14. The van der Waals surface area contributed by atoms with Crippen LogP contribution in [0.5, 0.6) is 0 Å². The summed E-state index contributed by atoms with van der Waals surface area (Å²) in [6.45, 7) is 6.20. The van der Waals surface area contributed by atoms with Crippen LogP contribution in [0.15, 0.2) is 4.99 Å². The van der Waals surface area contributed by atoms with Crippen LogP contribution in [0.2, 0.25) is 0 Å². The van der Waals surface area contributed by atoms with Crippen LogP contribution in [0.1, 0.15) is 33.6 Å². The normalized spacial score (nSPS) is 13.3. The first-order valence-corrected chi connectivity index (χ1v) is 7.12. The van der Waals surface area contributed by atoms with Crippen molar-refractivity contribution in [2.24, 2.45) is 4.99 Å². The van der Waals surface area contributed by atoms with Gasteiger partial charge in [-0.25, -0.2) is 4.99 Å². The maximum atomic E-state index is 12.3. The van der Waals surface area contributed by atoms with E-state index in [2.05, 4.69) is 22.4 Å². The lowest BCUT2D eigenvalue weighted by Crippen LogP contribution is -2.11. The van der Waals surface area contributed by atoms with Crippen LogP contribution in [0, 0.1) is 0 Å². The summed E-state index contributed by atoms with van der Waals surface area (Å²) >= 11 is 4.53. The average Bonchev–Trinajstić information content (AvgIpc) is 2.18. The van der Waals surface area contributed by atoms with E-state index in [1.807, 2.05) is 6.92 Å². The molecule has 6 heteroatoms. The molecule has 0 rings (SSSR count). The Balaban J connectivity index is 4.80. The standard InChI is InChI=1S/C9H18NO3PS/c1-4-7-9(10-8-15)14(11,12-5-2)13-6-3/h9H,4-7H2,1-3H3. The minimum absolute atomic E-state index is 0.338. The van der Waals surface area contributed by atoms with Crippen molar-refractivity contribution in [1.29, 1.82) is 0 Å². The van der Waals surface area contributed by atoms with Gasteiger partial charge >= 0.3 is 7.60 Å². The smallest absolute Gasteiger partial charge is 0.307 e. The maximum Gasteiger partial charge on any atom is 0.355 e. The second-order valence-electron chi connectivity index (χ2n) is 2.87. The van der Waals surface area contributed by atoms with Gasteiger partial charge in [0.15, 0.2) is 5.78 Å². The van der Waals surface area contributed by atoms with Crippen LogP contribution in [0.25, 0.3) is 0 Å². The second kappa shape index (κ2) is 8.14. The predicted molar refractivity (Wildman–Crippen MR) is 64.6 cm³/mol. The molecule has 0 aliphatic rings. The molecule has 1 unspecified atom stereocenters. The lowest BCUT2D eigenvalue weighted by molar-refractivity contribution is 0.211. The zero-order valence-electron chi connectivity index (χ0n) is 9.43. The molecular formula is C9H18NO3PS.